The van der Waals surface area contributed by atoms with Crippen molar-refractivity contribution in [1.82, 2.24) is 14.6 Å². The molecule has 1 aliphatic rings. The SMILES string of the molecule is Cc1ccc(S(=O)(=O)N2CCCCC2)cc1C(=O)NCc1ccc(OCc2cccnc2)cc1. The number of carbonyl (C=O) groups is 1. The summed E-state index contributed by atoms with van der Waals surface area (Å²) in [6, 6.07) is 16.1. The summed E-state index contributed by atoms with van der Waals surface area (Å²) in [6.07, 6.45) is 6.26. The van der Waals surface area contributed by atoms with Crippen LogP contribution >= 0.6 is 0 Å². The van der Waals surface area contributed by atoms with Crippen LogP contribution in [0, 0.1) is 6.92 Å². The van der Waals surface area contributed by atoms with Crippen LogP contribution in [0.3, 0.4) is 0 Å². The van der Waals surface area contributed by atoms with Crippen molar-refractivity contribution in [3.8, 4) is 5.75 Å². The number of benzene rings is 2. The lowest BCUT2D eigenvalue weighted by molar-refractivity contribution is 0.0950. The largest absolute Gasteiger partial charge is 0.489 e. The third-order valence-corrected chi connectivity index (χ3v) is 7.81. The zero-order valence-corrected chi connectivity index (χ0v) is 20.1. The second kappa shape index (κ2) is 10.8. The molecule has 1 aliphatic heterocycles. The molecule has 0 aliphatic carbocycles. The van der Waals surface area contributed by atoms with Crippen molar-refractivity contribution in [2.24, 2.45) is 0 Å². The minimum atomic E-state index is -3.60. The molecular weight excluding hydrogens is 450 g/mol. The summed E-state index contributed by atoms with van der Waals surface area (Å²) < 4.78 is 33.3. The summed E-state index contributed by atoms with van der Waals surface area (Å²) in [5.41, 5.74) is 3.00. The molecule has 1 amide bonds. The van der Waals surface area contributed by atoms with Gasteiger partial charge in [-0.3, -0.25) is 9.78 Å². The number of hydrogen-bond donors (Lipinski definition) is 1. The molecule has 0 unspecified atom stereocenters. The first-order valence-corrected chi connectivity index (χ1v) is 12.9. The van der Waals surface area contributed by atoms with E-state index in [0.29, 0.717) is 31.8 Å². The molecule has 2 aromatic carbocycles. The predicted molar refractivity (Wildman–Crippen MR) is 130 cm³/mol. The van der Waals surface area contributed by atoms with Crippen LogP contribution in [0.2, 0.25) is 0 Å². The maximum atomic E-state index is 13.0. The molecule has 3 aromatic rings. The molecule has 0 bridgehead atoms. The molecule has 178 valence electrons. The lowest BCUT2D eigenvalue weighted by Crippen LogP contribution is -2.35. The van der Waals surface area contributed by atoms with Crippen LogP contribution in [-0.2, 0) is 23.2 Å². The molecule has 0 radical (unpaired) electrons. The highest BCUT2D eigenvalue weighted by atomic mass is 32.2. The quantitative estimate of drug-likeness (QED) is 0.526. The summed E-state index contributed by atoms with van der Waals surface area (Å²) in [4.78, 5) is 17.1. The van der Waals surface area contributed by atoms with Gasteiger partial charge >= 0.3 is 0 Å². The Balaban J connectivity index is 1.37. The number of pyridine rings is 1. The average Bonchev–Trinajstić information content (AvgIpc) is 2.88. The number of ether oxygens (including phenoxy) is 1. The van der Waals surface area contributed by atoms with E-state index in [1.807, 2.05) is 36.4 Å². The first-order chi connectivity index (χ1) is 16.4. The minimum absolute atomic E-state index is 0.167. The van der Waals surface area contributed by atoms with Crippen molar-refractivity contribution in [2.45, 2.75) is 44.2 Å². The third kappa shape index (κ3) is 5.81. The van der Waals surface area contributed by atoms with Gasteiger partial charge in [-0.05, 0) is 61.2 Å². The van der Waals surface area contributed by atoms with E-state index in [1.54, 1.807) is 31.5 Å². The summed E-state index contributed by atoms with van der Waals surface area (Å²) in [5, 5.41) is 2.90. The fourth-order valence-electron chi connectivity index (χ4n) is 3.89. The van der Waals surface area contributed by atoms with E-state index in [-0.39, 0.29) is 10.8 Å². The van der Waals surface area contributed by atoms with Gasteiger partial charge in [-0.1, -0.05) is 30.7 Å². The maximum Gasteiger partial charge on any atom is 0.251 e. The standard InChI is InChI=1S/C26H29N3O4S/c1-20-7-12-24(34(31,32)29-14-3-2-4-15-29)16-25(20)26(30)28-18-21-8-10-23(11-9-21)33-19-22-6-5-13-27-17-22/h5-13,16-17H,2-4,14-15,18-19H2,1H3,(H,28,30). The third-order valence-electron chi connectivity index (χ3n) is 5.91. The number of nitrogens with one attached hydrogen (secondary N) is 1. The van der Waals surface area contributed by atoms with E-state index >= 15 is 0 Å². The van der Waals surface area contributed by atoms with Crippen molar-refractivity contribution < 1.29 is 17.9 Å². The van der Waals surface area contributed by atoms with Crippen LogP contribution in [0.1, 0.15) is 46.3 Å². The fraction of sp³-hybridized carbons (Fsp3) is 0.308. The Hall–Kier alpha value is -3.23. The van der Waals surface area contributed by atoms with Gasteiger partial charge in [0, 0.05) is 43.2 Å². The van der Waals surface area contributed by atoms with Crippen LogP contribution in [0.15, 0.2) is 71.9 Å². The molecule has 1 fully saturated rings. The van der Waals surface area contributed by atoms with Crippen molar-refractivity contribution in [1.29, 1.82) is 0 Å². The molecule has 0 spiro atoms. The van der Waals surface area contributed by atoms with Gasteiger partial charge in [0.15, 0.2) is 0 Å². The minimum Gasteiger partial charge on any atom is -0.489 e. The highest BCUT2D eigenvalue weighted by Gasteiger charge is 2.27. The zero-order valence-electron chi connectivity index (χ0n) is 19.2. The Kier molecular flexibility index (Phi) is 7.59. The van der Waals surface area contributed by atoms with E-state index in [1.165, 1.54) is 10.4 Å². The van der Waals surface area contributed by atoms with Gasteiger partial charge in [-0.15, -0.1) is 0 Å². The smallest absolute Gasteiger partial charge is 0.251 e. The van der Waals surface area contributed by atoms with Crippen molar-refractivity contribution in [3.63, 3.8) is 0 Å². The fourth-order valence-corrected chi connectivity index (χ4v) is 5.44. The first kappa shape index (κ1) is 23.9. The second-order valence-electron chi connectivity index (χ2n) is 8.42. The molecule has 1 saturated heterocycles. The van der Waals surface area contributed by atoms with E-state index < -0.39 is 10.0 Å². The van der Waals surface area contributed by atoms with Gasteiger partial charge in [-0.25, -0.2) is 8.42 Å². The van der Waals surface area contributed by atoms with Crippen LogP contribution in [0.25, 0.3) is 0 Å². The summed E-state index contributed by atoms with van der Waals surface area (Å²) in [7, 11) is -3.60. The predicted octanol–water partition coefficient (Wildman–Crippen LogP) is 4.07. The number of hydrogen-bond acceptors (Lipinski definition) is 5. The molecule has 7 nitrogen and oxygen atoms in total. The van der Waals surface area contributed by atoms with Crippen LogP contribution in [-0.4, -0.2) is 36.7 Å². The number of amides is 1. The average molecular weight is 480 g/mol. The number of aromatic nitrogens is 1. The van der Waals surface area contributed by atoms with Crippen molar-refractivity contribution in [2.75, 3.05) is 13.1 Å². The van der Waals surface area contributed by atoms with Crippen molar-refractivity contribution in [3.05, 3.63) is 89.2 Å². The van der Waals surface area contributed by atoms with Crippen LogP contribution in [0.4, 0.5) is 0 Å². The Morgan fingerprint density at radius 2 is 1.79 bits per heavy atom. The molecule has 1 aromatic heterocycles. The lowest BCUT2D eigenvalue weighted by Gasteiger charge is -2.26. The van der Waals surface area contributed by atoms with Gasteiger partial charge in [0.2, 0.25) is 10.0 Å². The van der Waals surface area contributed by atoms with Gasteiger partial charge in [0.05, 0.1) is 4.90 Å². The van der Waals surface area contributed by atoms with Gasteiger partial charge < -0.3 is 10.1 Å². The maximum absolute atomic E-state index is 13.0. The van der Waals surface area contributed by atoms with E-state index in [9.17, 15) is 13.2 Å². The Bertz CT molecular complexity index is 1220. The number of aryl methyl sites for hydroxylation is 1. The number of nitrogens with zero attached hydrogens (tertiary/aromatic N) is 2. The first-order valence-electron chi connectivity index (χ1n) is 11.4. The van der Waals surface area contributed by atoms with E-state index in [0.717, 1.165) is 41.7 Å². The van der Waals surface area contributed by atoms with Gasteiger partial charge in [0.1, 0.15) is 12.4 Å². The van der Waals surface area contributed by atoms with E-state index in [4.69, 9.17) is 4.74 Å². The molecule has 8 heteroatoms. The van der Waals surface area contributed by atoms with Gasteiger partial charge in [-0.2, -0.15) is 4.31 Å². The molecule has 2 heterocycles. The summed E-state index contributed by atoms with van der Waals surface area (Å²) >= 11 is 0. The highest BCUT2D eigenvalue weighted by Crippen LogP contribution is 2.23. The molecule has 4 rings (SSSR count). The molecule has 1 N–H and O–H groups in total. The number of sulfonamides is 1. The Morgan fingerprint density at radius 3 is 2.50 bits per heavy atom. The summed E-state index contributed by atoms with van der Waals surface area (Å²) in [5.74, 6) is 0.426. The van der Waals surface area contributed by atoms with Crippen LogP contribution in [0.5, 0.6) is 5.75 Å². The normalized spacial score (nSPS) is 14.5. The number of carbonyl (C=O) groups excluding carboxylic acids is 1. The van der Waals surface area contributed by atoms with Crippen LogP contribution < -0.4 is 10.1 Å². The number of rotatable bonds is 8. The Morgan fingerprint density at radius 1 is 1.03 bits per heavy atom. The van der Waals surface area contributed by atoms with Gasteiger partial charge in [0.25, 0.3) is 5.91 Å². The lowest BCUT2D eigenvalue weighted by atomic mass is 10.1. The monoisotopic (exact) mass is 479 g/mol. The summed E-state index contributed by atoms with van der Waals surface area (Å²) in [6.45, 7) is 3.62. The topological polar surface area (TPSA) is 88.6 Å². The number of piperidine rings is 1. The molecule has 0 saturated carbocycles. The molecule has 34 heavy (non-hydrogen) atoms. The zero-order chi connectivity index (χ0) is 24.0. The Labute approximate surface area is 200 Å². The van der Waals surface area contributed by atoms with E-state index in [2.05, 4.69) is 10.3 Å². The molecular formula is C26H29N3O4S. The second-order valence-corrected chi connectivity index (χ2v) is 10.4. The van der Waals surface area contributed by atoms with Crippen molar-refractivity contribution >= 4 is 15.9 Å². The molecule has 0 atom stereocenters. The highest BCUT2D eigenvalue weighted by molar-refractivity contribution is 7.89.